The quantitative estimate of drug-likeness (QED) is 0.698. The number of rotatable bonds is 3. The molecule has 1 N–H and O–H groups in total. The van der Waals surface area contributed by atoms with Gasteiger partial charge in [0.2, 0.25) is 0 Å². The molecule has 8 heteroatoms. The number of hydrogen-bond donors (Lipinski definition) is 1. The van der Waals surface area contributed by atoms with Crippen LogP contribution in [0.15, 0.2) is 60.9 Å². The highest BCUT2D eigenvalue weighted by molar-refractivity contribution is 6.33. The molecular formula is C21H19ClFN5O. The number of piperazine rings is 1. The van der Waals surface area contributed by atoms with E-state index >= 15 is 0 Å². The summed E-state index contributed by atoms with van der Waals surface area (Å²) >= 11 is 6.11. The summed E-state index contributed by atoms with van der Waals surface area (Å²) in [6.07, 6.45) is 1.48. The van der Waals surface area contributed by atoms with Crippen LogP contribution in [0.25, 0.3) is 11.3 Å². The maximum Gasteiger partial charge on any atom is 0.322 e. The van der Waals surface area contributed by atoms with Crippen LogP contribution >= 0.6 is 11.6 Å². The number of halogens is 2. The molecule has 1 fully saturated rings. The second-order valence-electron chi connectivity index (χ2n) is 6.66. The predicted molar refractivity (Wildman–Crippen MR) is 112 cm³/mol. The van der Waals surface area contributed by atoms with Gasteiger partial charge in [0.05, 0.1) is 16.4 Å². The van der Waals surface area contributed by atoms with Crippen molar-refractivity contribution in [1.82, 2.24) is 14.9 Å². The molecule has 3 aromatic rings. The van der Waals surface area contributed by atoms with E-state index in [1.54, 1.807) is 23.1 Å². The number of urea groups is 1. The Bertz CT molecular complexity index is 1020. The fourth-order valence-electron chi connectivity index (χ4n) is 3.22. The maximum atomic E-state index is 13.5. The second-order valence-corrected chi connectivity index (χ2v) is 7.06. The monoisotopic (exact) mass is 411 g/mol. The van der Waals surface area contributed by atoms with Crippen LogP contribution in [0, 0.1) is 5.82 Å². The smallest absolute Gasteiger partial charge is 0.322 e. The van der Waals surface area contributed by atoms with Gasteiger partial charge in [0.1, 0.15) is 18.0 Å². The van der Waals surface area contributed by atoms with Crippen molar-refractivity contribution < 1.29 is 9.18 Å². The zero-order chi connectivity index (χ0) is 20.2. The fourth-order valence-corrected chi connectivity index (χ4v) is 3.40. The summed E-state index contributed by atoms with van der Waals surface area (Å²) in [6, 6.07) is 15.1. The van der Waals surface area contributed by atoms with E-state index in [2.05, 4.69) is 20.2 Å². The molecule has 1 aromatic heterocycles. The van der Waals surface area contributed by atoms with Gasteiger partial charge in [0.25, 0.3) is 0 Å². The first-order valence-corrected chi connectivity index (χ1v) is 9.61. The van der Waals surface area contributed by atoms with E-state index in [1.165, 1.54) is 18.5 Å². The molecule has 29 heavy (non-hydrogen) atoms. The summed E-state index contributed by atoms with van der Waals surface area (Å²) in [4.78, 5) is 24.9. The number of aromatic nitrogens is 2. The molecule has 2 heterocycles. The molecular weight excluding hydrogens is 393 g/mol. The van der Waals surface area contributed by atoms with Crippen LogP contribution in [0.4, 0.5) is 20.7 Å². The summed E-state index contributed by atoms with van der Waals surface area (Å²) in [5.74, 6) is 0.450. The van der Waals surface area contributed by atoms with Gasteiger partial charge in [-0.25, -0.2) is 19.2 Å². The predicted octanol–water partition coefficient (Wildman–Crippen LogP) is 4.29. The van der Waals surface area contributed by atoms with Gasteiger partial charge in [-0.1, -0.05) is 35.9 Å². The molecule has 1 aliphatic heterocycles. The highest BCUT2D eigenvalue weighted by Crippen LogP contribution is 2.23. The van der Waals surface area contributed by atoms with Crippen LogP contribution in [-0.4, -0.2) is 47.1 Å². The van der Waals surface area contributed by atoms with E-state index < -0.39 is 0 Å². The Morgan fingerprint density at radius 1 is 1.00 bits per heavy atom. The number of anilines is 2. The van der Waals surface area contributed by atoms with E-state index in [-0.39, 0.29) is 11.8 Å². The number of carbonyl (C=O) groups is 1. The lowest BCUT2D eigenvalue weighted by atomic mass is 10.1. The Hall–Kier alpha value is -3.19. The van der Waals surface area contributed by atoms with Crippen molar-refractivity contribution in [2.75, 3.05) is 36.4 Å². The number of carbonyl (C=O) groups excluding carboxylic acids is 1. The van der Waals surface area contributed by atoms with Crippen LogP contribution < -0.4 is 10.2 Å². The van der Waals surface area contributed by atoms with Crippen LogP contribution in [-0.2, 0) is 0 Å². The van der Waals surface area contributed by atoms with Gasteiger partial charge in [-0.05, 0) is 24.3 Å². The Kier molecular flexibility index (Phi) is 5.57. The second kappa shape index (κ2) is 8.45. The SMILES string of the molecule is O=C(Nc1ccccc1Cl)N1CCN(c2cc(-c3cccc(F)c3)ncn2)CC1. The molecule has 2 aromatic carbocycles. The molecule has 0 unspecified atom stereocenters. The average Bonchev–Trinajstić information content (AvgIpc) is 2.75. The van der Waals surface area contributed by atoms with E-state index in [4.69, 9.17) is 11.6 Å². The number of hydrogen-bond acceptors (Lipinski definition) is 4. The first-order chi connectivity index (χ1) is 14.1. The van der Waals surface area contributed by atoms with Crippen molar-refractivity contribution in [2.45, 2.75) is 0 Å². The number of amides is 2. The third kappa shape index (κ3) is 4.46. The third-order valence-electron chi connectivity index (χ3n) is 4.78. The highest BCUT2D eigenvalue weighted by Gasteiger charge is 2.22. The van der Waals surface area contributed by atoms with Gasteiger partial charge in [-0.15, -0.1) is 0 Å². The number of nitrogens with zero attached hydrogens (tertiary/aromatic N) is 4. The molecule has 0 aliphatic carbocycles. The molecule has 148 valence electrons. The van der Waals surface area contributed by atoms with Crippen molar-refractivity contribution in [1.29, 1.82) is 0 Å². The van der Waals surface area contributed by atoms with Gasteiger partial charge in [0, 0.05) is 37.8 Å². The fraction of sp³-hybridized carbons (Fsp3) is 0.190. The number of benzene rings is 2. The zero-order valence-electron chi connectivity index (χ0n) is 15.6. The van der Waals surface area contributed by atoms with Crippen LogP contribution in [0.3, 0.4) is 0 Å². The Labute approximate surface area is 173 Å². The lowest BCUT2D eigenvalue weighted by Gasteiger charge is -2.35. The maximum absolute atomic E-state index is 13.5. The molecule has 2 amide bonds. The van der Waals surface area contributed by atoms with Crippen LogP contribution in [0.5, 0.6) is 0 Å². The van der Waals surface area contributed by atoms with E-state index in [0.29, 0.717) is 48.1 Å². The van der Waals surface area contributed by atoms with Gasteiger partial charge in [-0.3, -0.25) is 0 Å². The third-order valence-corrected chi connectivity index (χ3v) is 5.11. The minimum absolute atomic E-state index is 0.180. The summed E-state index contributed by atoms with van der Waals surface area (Å²) < 4.78 is 13.5. The van der Waals surface area contributed by atoms with E-state index in [9.17, 15) is 9.18 Å². The average molecular weight is 412 g/mol. The van der Waals surface area contributed by atoms with Gasteiger partial charge in [0.15, 0.2) is 0 Å². The molecule has 0 radical (unpaired) electrons. The summed E-state index contributed by atoms with van der Waals surface area (Å²) in [5.41, 5.74) is 1.96. The summed E-state index contributed by atoms with van der Waals surface area (Å²) in [5, 5.41) is 3.35. The first-order valence-electron chi connectivity index (χ1n) is 9.23. The summed E-state index contributed by atoms with van der Waals surface area (Å²) in [6.45, 7) is 2.37. The van der Waals surface area contributed by atoms with Gasteiger partial charge in [-0.2, -0.15) is 0 Å². The largest absolute Gasteiger partial charge is 0.353 e. The first kappa shape index (κ1) is 19.1. The van der Waals surface area contributed by atoms with Crippen LogP contribution in [0.1, 0.15) is 0 Å². The number of nitrogens with one attached hydrogen (secondary N) is 1. The molecule has 0 saturated carbocycles. The molecule has 6 nitrogen and oxygen atoms in total. The van der Waals surface area contributed by atoms with Gasteiger partial charge < -0.3 is 15.1 Å². The lowest BCUT2D eigenvalue weighted by Crippen LogP contribution is -2.50. The van der Waals surface area contributed by atoms with Crippen molar-refractivity contribution >= 4 is 29.1 Å². The highest BCUT2D eigenvalue weighted by atomic mass is 35.5. The molecule has 1 saturated heterocycles. The summed E-state index contributed by atoms with van der Waals surface area (Å²) in [7, 11) is 0. The minimum atomic E-state index is -0.305. The Morgan fingerprint density at radius 3 is 2.55 bits per heavy atom. The lowest BCUT2D eigenvalue weighted by molar-refractivity contribution is 0.208. The molecule has 0 atom stereocenters. The standard InChI is InChI=1S/C21H19ClFN5O/c22-17-6-1-2-7-18(17)26-21(29)28-10-8-27(9-11-28)20-13-19(24-14-25-20)15-4-3-5-16(23)12-15/h1-7,12-14H,8-11H2,(H,26,29). The molecule has 0 bridgehead atoms. The normalized spacial score (nSPS) is 14.0. The van der Waals surface area contributed by atoms with Crippen molar-refractivity contribution in [3.05, 3.63) is 71.8 Å². The molecule has 4 rings (SSSR count). The minimum Gasteiger partial charge on any atom is -0.353 e. The molecule has 1 aliphatic rings. The van der Waals surface area contributed by atoms with E-state index in [1.807, 2.05) is 24.3 Å². The van der Waals surface area contributed by atoms with Gasteiger partial charge >= 0.3 is 6.03 Å². The molecule has 0 spiro atoms. The Morgan fingerprint density at radius 2 is 1.79 bits per heavy atom. The van der Waals surface area contributed by atoms with Crippen molar-refractivity contribution in [3.8, 4) is 11.3 Å². The van der Waals surface area contributed by atoms with Crippen molar-refractivity contribution in [3.63, 3.8) is 0 Å². The van der Waals surface area contributed by atoms with Crippen LogP contribution in [0.2, 0.25) is 5.02 Å². The van der Waals surface area contributed by atoms with Crippen molar-refractivity contribution in [2.24, 2.45) is 0 Å². The number of para-hydroxylation sites is 1. The van der Waals surface area contributed by atoms with E-state index in [0.717, 1.165) is 5.82 Å². The topological polar surface area (TPSA) is 61.4 Å². The zero-order valence-corrected chi connectivity index (χ0v) is 16.3. The Balaban J connectivity index is 1.40.